The third-order valence-corrected chi connectivity index (χ3v) is 3.63. The van der Waals surface area contributed by atoms with Gasteiger partial charge in [-0.25, -0.2) is 0 Å². The number of thiophene rings is 2. The Bertz CT molecular complexity index is 474. The van der Waals surface area contributed by atoms with Crippen LogP contribution in [0.3, 0.4) is 0 Å². The highest BCUT2D eigenvalue weighted by Crippen LogP contribution is 2.18. The zero-order valence-electron chi connectivity index (χ0n) is 8.87. The topological polar surface area (TPSA) is 45.8 Å². The monoisotopic (exact) mass is 262 g/mol. The molecule has 3 aromatic heterocycles. The lowest BCUT2D eigenvalue weighted by atomic mass is 10.3. The van der Waals surface area contributed by atoms with Crippen molar-refractivity contribution >= 4 is 28.5 Å². The van der Waals surface area contributed by atoms with Crippen molar-refractivity contribution in [2.24, 2.45) is 0 Å². The van der Waals surface area contributed by atoms with Crippen molar-refractivity contribution < 1.29 is 4.79 Å². The molecule has 0 fully saturated rings. The van der Waals surface area contributed by atoms with Gasteiger partial charge in [0.05, 0.1) is 9.75 Å². The lowest BCUT2D eigenvalue weighted by Crippen LogP contribution is -1.93. The Kier molecular flexibility index (Phi) is 4.23. The number of ketones is 1. The number of carbonyl (C=O) groups excluding carboxylic acids is 1. The van der Waals surface area contributed by atoms with Crippen molar-refractivity contribution in [2.75, 3.05) is 0 Å². The maximum atomic E-state index is 11.6. The minimum Gasteiger partial charge on any atom is -0.287 e. The molecule has 0 amide bonds. The first-order valence-electron chi connectivity index (χ1n) is 4.93. The fraction of sp³-hybridized carbons (Fsp3) is 0. The Morgan fingerprint density at radius 1 is 1.06 bits per heavy atom. The highest BCUT2D eigenvalue weighted by Gasteiger charge is 2.09. The second kappa shape index (κ2) is 6.12. The standard InChI is InChI=1S/C9H6OS2.C3H4N2/c10-9(7-3-1-5-11-7)8-4-2-6-12-8;1-2-4-5-3-1/h1-6H;1-3H,(H,4,5). The molecule has 0 saturated heterocycles. The normalized spacial score (nSPS) is 9.41. The Morgan fingerprint density at radius 3 is 2.00 bits per heavy atom. The smallest absolute Gasteiger partial charge is 0.212 e. The van der Waals surface area contributed by atoms with Crippen molar-refractivity contribution in [3.8, 4) is 0 Å². The molecule has 0 bridgehead atoms. The lowest BCUT2D eigenvalue weighted by Gasteiger charge is -1.89. The van der Waals surface area contributed by atoms with E-state index >= 15 is 0 Å². The fourth-order valence-electron chi connectivity index (χ4n) is 1.15. The summed E-state index contributed by atoms with van der Waals surface area (Å²) in [5.74, 6) is 0.139. The maximum absolute atomic E-state index is 11.6. The summed E-state index contributed by atoms with van der Waals surface area (Å²) in [6.45, 7) is 0. The quantitative estimate of drug-likeness (QED) is 0.719. The van der Waals surface area contributed by atoms with Gasteiger partial charge in [-0.3, -0.25) is 9.89 Å². The molecule has 3 nitrogen and oxygen atoms in total. The van der Waals surface area contributed by atoms with Crippen LogP contribution in [0.2, 0.25) is 0 Å². The van der Waals surface area contributed by atoms with E-state index in [0.29, 0.717) is 0 Å². The van der Waals surface area contributed by atoms with E-state index in [4.69, 9.17) is 0 Å². The zero-order valence-corrected chi connectivity index (χ0v) is 10.5. The van der Waals surface area contributed by atoms with Crippen LogP contribution >= 0.6 is 22.7 Å². The molecule has 1 N–H and O–H groups in total. The third-order valence-electron chi connectivity index (χ3n) is 1.90. The van der Waals surface area contributed by atoms with Crippen LogP contribution in [-0.4, -0.2) is 16.0 Å². The number of nitrogens with zero attached hydrogens (tertiary/aromatic N) is 1. The first-order valence-corrected chi connectivity index (χ1v) is 6.69. The molecule has 0 aliphatic rings. The molecule has 3 aromatic rings. The molecule has 0 saturated carbocycles. The van der Waals surface area contributed by atoms with E-state index in [1.54, 1.807) is 12.4 Å². The van der Waals surface area contributed by atoms with E-state index in [1.165, 1.54) is 22.7 Å². The summed E-state index contributed by atoms with van der Waals surface area (Å²) in [6.07, 6.45) is 3.46. The minimum absolute atomic E-state index is 0.139. The molecule has 0 aliphatic carbocycles. The second-order valence-corrected chi connectivity index (χ2v) is 4.95. The van der Waals surface area contributed by atoms with Gasteiger partial charge < -0.3 is 0 Å². The Hall–Kier alpha value is -1.72. The highest BCUT2D eigenvalue weighted by atomic mass is 32.1. The molecule has 3 heterocycles. The van der Waals surface area contributed by atoms with Crippen molar-refractivity contribution in [2.45, 2.75) is 0 Å². The van der Waals surface area contributed by atoms with Gasteiger partial charge in [0, 0.05) is 12.4 Å². The molecule has 0 spiro atoms. The third kappa shape index (κ3) is 3.37. The fourth-order valence-corrected chi connectivity index (χ4v) is 2.57. The van der Waals surface area contributed by atoms with Crippen LogP contribution < -0.4 is 0 Å². The lowest BCUT2D eigenvalue weighted by molar-refractivity contribution is 0.104. The van der Waals surface area contributed by atoms with Crippen LogP contribution in [0, 0.1) is 0 Å². The van der Waals surface area contributed by atoms with Crippen LogP contribution in [0.25, 0.3) is 0 Å². The van der Waals surface area contributed by atoms with Crippen LogP contribution in [0.1, 0.15) is 14.5 Å². The number of rotatable bonds is 2. The molecule has 0 unspecified atom stereocenters. The Morgan fingerprint density at radius 2 is 1.71 bits per heavy atom. The van der Waals surface area contributed by atoms with Gasteiger partial charge in [0.15, 0.2) is 0 Å². The number of carbonyl (C=O) groups is 1. The van der Waals surface area contributed by atoms with Crippen LogP contribution in [0.15, 0.2) is 53.5 Å². The summed E-state index contributed by atoms with van der Waals surface area (Å²) in [4.78, 5) is 13.2. The molecule has 5 heteroatoms. The van der Waals surface area contributed by atoms with Crippen LogP contribution in [0.4, 0.5) is 0 Å². The van der Waals surface area contributed by atoms with Crippen molar-refractivity contribution in [1.29, 1.82) is 0 Å². The number of aromatic amines is 1. The van der Waals surface area contributed by atoms with Gasteiger partial charge in [-0.05, 0) is 29.0 Å². The van der Waals surface area contributed by atoms with Gasteiger partial charge in [-0.2, -0.15) is 5.10 Å². The van der Waals surface area contributed by atoms with Gasteiger partial charge in [-0.1, -0.05) is 12.1 Å². The molecule has 86 valence electrons. The van der Waals surface area contributed by atoms with Crippen molar-refractivity contribution in [3.63, 3.8) is 0 Å². The van der Waals surface area contributed by atoms with Crippen LogP contribution in [-0.2, 0) is 0 Å². The Balaban J connectivity index is 0.000000181. The van der Waals surface area contributed by atoms with Gasteiger partial charge in [0.1, 0.15) is 0 Å². The van der Waals surface area contributed by atoms with E-state index < -0.39 is 0 Å². The molecule has 0 aromatic carbocycles. The van der Waals surface area contributed by atoms with E-state index in [9.17, 15) is 4.79 Å². The highest BCUT2D eigenvalue weighted by molar-refractivity contribution is 7.15. The molecule has 0 atom stereocenters. The molecule has 17 heavy (non-hydrogen) atoms. The molecular weight excluding hydrogens is 252 g/mol. The van der Waals surface area contributed by atoms with Crippen LogP contribution in [0.5, 0.6) is 0 Å². The van der Waals surface area contributed by atoms with Gasteiger partial charge in [-0.15, -0.1) is 22.7 Å². The van der Waals surface area contributed by atoms with Crippen molar-refractivity contribution in [3.05, 3.63) is 63.2 Å². The minimum atomic E-state index is 0.139. The SMILES string of the molecule is O=C(c1cccs1)c1cccs1.c1cn[nH]c1. The second-order valence-electron chi connectivity index (χ2n) is 3.05. The predicted octanol–water partition coefficient (Wildman–Crippen LogP) is 3.45. The van der Waals surface area contributed by atoms with E-state index in [2.05, 4.69) is 10.2 Å². The molecular formula is C12H10N2OS2. The van der Waals surface area contributed by atoms with E-state index in [-0.39, 0.29) is 5.78 Å². The maximum Gasteiger partial charge on any atom is 0.212 e. The van der Waals surface area contributed by atoms with Gasteiger partial charge >= 0.3 is 0 Å². The zero-order chi connectivity index (χ0) is 11.9. The first-order chi connectivity index (χ1) is 8.38. The largest absolute Gasteiger partial charge is 0.287 e. The number of nitrogens with one attached hydrogen (secondary N) is 1. The summed E-state index contributed by atoms with van der Waals surface area (Å²) in [5, 5.41) is 10.0. The predicted molar refractivity (Wildman–Crippen MR) is 70.7 cm³/mol. The Labute approximate surface area is 107 Å². The first kappa shape index (κ1) is 11.8. The summed E-state index contributed by atoms with van der Waals surface area (Å²) < 4.78 is 0. The van der Waals surface area contributed by atoms with Gasteiger partial charge in [0.2, 0.25) is 5.78 Å². The van der Waals surface area contributed by atoms with Gasteiger partial charge in [0.25, 0.3) is 0 Å². The summed E-state index contributed by atoms with van der Waals surface area (Å²) >= 11 is 2.97. The number of aromatic nitrogens is 2. The molecule has 0 radical (unpaired) electrons. The average molecular weight is 262 g/mol. The average Bonchev–Trinajstić information content (AvgIpc) is 3.11. The molecule has 3 rings (SSSR count). The molecule has 0 aliphatic heterocycles. The summed E-state index contributed by atoms with van der Waals surface area (Å²) in [5.41, 5.74) is 0. The number of hydrogen-bond donors (Lipinski definition) is 1. The number of H-pyrrole nitrogens is 1. The summed E-state index contributed by atoms with van der Waals surface area (Å²) in [7, 11) is 0. The number of hydrogen-bond acceptors (Lipinski definition) is 4. The van der Waals surface area contributed by atoms with Crippen molar-refractivity contribution in [1.82, 2.24) is 10.2 Å². The van der Waals surface area contributed by atoms with E-state index in [1.807, 2.05) is 41.1 Å². The summed E-state index contributed by atoms with van der Waals surface area (Å²) in [6, 6.07) is 9.33. The van der Waals surface area contributed by atoms with E-state index in [0.717, 1.165) is 9.75 Å².